The van der Waals surface area contributed by atoms with Gasteiger partial charge in [-0.1, -0.05) is 18.2 Å². The number of benzene rings is 2. The van der Waals surface area contributed by atoms with E-state index in [9.17, 15) is 19.1 Å². The van der Waals surface area contributed by atoms with Gasteiger partial charge in [0.05, 0.1) is 17.6 Å². The smallest absolute Gasteiger partial charge is 0.307 e. The number of carboxylic acid groups (broad SMARTS) is 1. The maximum Gasteiger partial charge on any atom is 0.307 e. The number of hydrogen-bond acceptors (Lipinski definition) is 2. The van der Waals surface area contributed by atoms with Crippen LogP contribution in [0.5, 0.6) is 0 Å². The lowest BCUT2D eigenvalue weighted by atomic mass is 10.1. The summed E-state index contributed by atoms with van der Waals surface area (Å²) in [4.78, 5) is 25.6. The van der Waals surface area contributed by atoms with E-state index in [1.807, 2.05) is 35.8 Å². The number of nitrogens with zero attached hydrogens (tertiary/aromatic N) is 2. The highest BCUT2D eigenvalue weighted by molar-refractivity contribution is 5.89. The van der Waals surface area contributed by atoms with E-state index in [1.165, 1.54) is 12.1 Å². The zero-order chi connectivity index (χ0) is 20.5. The molecular weight excluding hydrogens is 371 g/mol. The third-order valence-corrected chi connectivity index (χ3v) is 5.42. The zero-order valence-corrected chi connectivity index (χ0v) is 16.3. The Balaban J connectivity index is 1.79. The van der Waals surface area contributed by atoms with E-state index in [-0.39, 0.29) is 24.1 Å². The van der Waals surface area contributed by atoms with Gasteiger partial charge in [0.15, 0.2) is 0 Å². The number of aromatic nitrogens is 1. The highest BCUT2D eigenvalue weighted by Crippen LogP contribution is 2.32. The molecule has 0 spiro atoms. The predicted molar refractivity (Wildman–Crippen MR) is 108 cm³/mol. The van der Waals surface area contributed by atoms with E-state index >= 15 is 0 Å². The van der Waals surface area contributed by atoms with Gasteiger partial charge >= 0.3 is 5.97 Å². The number of rotatable bonds is 7. The van der Waals surface area contributed by atoms with Gasteiger partial charge in [-0.25, -0.2) is 4.39 Å². The van der Waals surface area contributed by atoms with Crippen molar-refractivity contribution in [3.63, 3.8) is 0 Å². The third-order valence-electron chi connectivity index (χ3n) is 5.42. The highest BCUT2D eigenvalue weighted by atomic mass is 19.1. The molecule has 1 aliphatic carbocycles. The SMILES string of the molecule is CCN(Cc1cc(F)ccc1-n1cc(CC(=O)O)c2ccccc21)C(=O)C1CC1. The Morgan fingerprint density at radius 2 is 1.93 bits per heavy atom. The van der Waals surface area contributed by atoms with Crippen LogP contribution in [0.2, 0.25) is 0 Å². The summed E-state index contributed by atoms with van der Waals surface area (Å²) in [6.07, 6.45) is 3.55. The van der Waals surface area contributed by atoms with Gasteiger partial charge in [-0.05, 0) is 55.2 Å². The van der Waals surface area contributed by atoms with Crippen LogP contribution in [0.25, 0.3) is 16.6 Å². The van der Waals surface area contributed by atoms with E-state index in [0.29, 0.717) is 24.2 Å². The van der Waals surface area contributed by atoms with Crippen molar-refractivity contribution in [2.75, 3.05) is 6.54 Å². The predicted octanol–water partition coefficient (Wildman–Crippen LogP) is 4.16. The Morgan fingerprint density at radius 1 is 1.17 bits per heavy atom. The van der Waals surface area contributed by atoms with Gasteiger partial charge in [0, 0.05) is 30.6 Å². The molecule has 2 aromatic carbocycles. The van der Waals surface area contributed by atoms with Crippen molar-refractivity contribution in [1.82, 2.24) is 9.47 Å². The monoisotopic (exact) mass is 394 g/mol. The number of aliphatic carboxylic acids is 1. The summed E-state index contributed by atoms with van der Waals surface area (Å²) in [6.45, 7) is 2.80. The van der Waals surface area contributed by atoms with E-state index < -0.39 is 5.97 Å². The number of amides is 1. The van der Waals surface area contributed by atoms with Gasteiger partial charge in [0.25, 0.3) is 0 Å². The van der Waals surface area contributed by atoms with Crippen molar-refractivity contribution < 1.29 is 19.1 Å². The first-order valence-electron chi connectivity index (χ1n) is 9.86. The van der Waals surface area contributed by atoms with Crippen molar-refractivity contribution >= 4 is 22.8 Å². The van der Waals surface area contributed by atoms with Crippen molar-refractivity contribution in [3.05, 3.63) is 65.6 Å². The van der Waals surface area contributed by atoms with E-state index in [4.69, 9.17) is 0 Å². The summed E-state index contributed by atoms with van der Waals surface area (Å²) in [5.74, 6) is -1.05. The van der Waals surface area contributed by atoms with Crippen LogP contribution in [-0.4, -0.2) is 33.0 Å². The maximum absolute atomic E-state index is 14.1. The average molecular weight is 394 g/mol. The lowest BCUT2D eigenvalue weighted by Crippen LogP contribution is -2.31. The first-order chi connectivity index (χ1) is 14.0. The summed E-state index contributed by atoms with van der Waals surface area (Å²) in [5, 5.41) is 10.1. The average Bonchev–Trinajstić information content (AvgIpc) is 3.49. The molecule has 1 saturated carbocycles. The molecular formula is C23H23FN2O3. The number of halogens is 1. The lowest BCUT2D eigenvalue weighted by molar-refractivity contribution is -0.136. The molecule has 1 aromatic heterocycles. The van der Waals surface area contributed by atoms with Crippen LogP contribution >= 0.6 is 0 Å². The van der Waals surface area contributed by atoms with Gasteiger partial charge < -0.3 is 14.6 Å². The molecule has 0 aliphatic heterocycles. The molecule has 29 heavy (non-hydrogen) atoms. The van der Waals surface area contributed by atoms with Gasteiger partial charge in [-0.15, -0.1) is 0 Å². The van der Waals surface area contributed by atoms with Gasteiger partial charge in [0.2, 0.25) is 5.91 Å². The number of carbonyl (C=O) groups excluding carboxylic acids is 1. The fourth-order valence-corrected chi connectivity index (χ4v) is 3.81. The van der Waals surface area contributed by atoms with Crippen LogP contribution in [0.15, 0.2) is 48.7 Å². The summed E-state index contributed by atoms with van der Waals surface area (Å²) in [5.41, 5.74) is 3.00. The second-order valence-corrected chi connectivity index (χ2v) is 7.51. The second-order valence-electron chi connectivity index (χ2n) is 7.51. The van der Waals surface area contributed by atoms with E-state index in [2.05, 4.69) is 0 Å². The minimum absolute atomic E-state index is 0.0920. The zero-order valence-electron chi connectivity index (χ0n) is 16.3. The van der Waals surface area contributed by atoms with Crippen molar-refractivity contribution in [2.45, 2.75) is 32.7 Å². The largest absolute Gasteiger partial charge is 0.481 e. The number of carbonyl (C=O) groups is 2. The van der Waals surface area contributed by atoms with Crippen LogP contribution in [0, 0.1) is 11.7 Å². The minimum Gasteiger partial charge on any atom is -0.481 e. The van der Waals surface area contributed by atoms with E-state index in [0.717, 1.165) is 29.4 Å². The summed E-state index contributed by atoms with van der Waals surface area (Å²) in [6, 6.07) is 12.1. The lowest BCUT2D eigenvalue weighted by Gasteiger charge is -2.23. The summed E-state index contributed by atoms with van der Waals surface area (Å²) in [7, 11) is 0. The van der Waals surface area contributed by atoms with Crippen LogP contribution in [0.4, 0.5) is 4.39 Å². The number of carboxylic acids is 1. The van der Waals surface area contributed by atoms with Gasteiger partial charge in [-0.3, -0.25) is 9.59 Å². The molecule has 1 amide bonds. The summed E-state index contributed by atoms with van der Waals surface area (Å²) < 4.78 is 16.0. The van der Waals surface area contributed by atoms with Crippen LogP contribution < -0.4 is 0 Å². The first kappa shape index (κ1) is 19.2. The van der Waals surface area contributed by atoms with Crippen molar-refractivity contribution in [3.8, 4) is 5.69 Å². The minimum atomic E-state index is -0.903. The molecule has 1 heterocycles. The Kier molecular flexibility index (Phi) is 5.09. The second kappa shape index (κ2) is 7.70. The Labute approximate surface area is 168 Å². The standard InChI is InChI=1S/C23H23FN2O3/c1-2-25(23(29)15-7-8-15)13-17-11-18(24)9-10-20(17)26-14-16(12-22(27)28)19-5-3-4-6-21(19)26/h3-6,9-11,14-15H,2,7-8,12-13H2,1H3,(H,27,28). The first-order valence-corrected chi connectivity index (χ1v) is 9.86. The number of fused-ring (bicyclic) bond motifs is 1. The van der Waals surface area contributed by atoms with Crippen LogP contribution in [0.1, 0.15) is 30.9 Å². The Morgan fingerprint density at radius 3 is 2.62 bits per heavy atom. The maximum atomic E-state index is 14.1. The topological polar surface area (TPSA) is 62.5 Å². The quantitative estimate of drug-likeness (QED) is 0.655. The molecule has 0 unspecified atom stereocenters. The Hall–Kier alpha value is -3.15. The molecule has 0 radical (unpaired) electrons. The molecule has 1 N–H and O–H groups in total. The van der Waals surface area contributed by atoms with E-state index in [1.54, 1.807) is 17.2 Å². The molecule has 3 aromatic rings. The molecule has 6 heteroatoms. The van der Waals surface area contributed by atoms with Gasteiger partial charge in [-0.2, -0.15) is 0 Å². The van der Waals surface area contributed by atoms with Gasteiger partial charge in [0.1, 0.15) is 5.82 Å². The fourth-order valence-electron chi connectivity index (χ4n) is 3.81. The third kappa shape index (κ3) is 3.88. The molecule has 4 rings (SSSR count). The molecule has 5 nitrogen and oxygen atoms in total. The highest BCUT2D eigenvalue weighted by Gasteiger charge is 2.33. The van der Waals surface area contributed by atoms with Crippen LogP contribution in [-0.2, 0) is 22.6 Å². The fraction of sp³-hybridized carbons (Fsp3) is 0.304. The Bertz CT molecular complexity index is 1080. The molecule has 150 valence electrons. The molecule has 0 atom stereocenters. The molecule has 0 saturated heterocycles. The molecule has 0 bridgehead atoms. The summed E-state index contributed by atoms with van der Waals surface area (Å²) >= 11 is 0. The number of hydrogen-bond donors (Lipinski definition) is 1. The molecule has 1 aliphatic rings. The van der Waals surface area contributed by atoms with Crippen molar-refractivity contribution in [2.24, 2.45) is 5.92 Å². The van der Waals surface area contributed by atoms with Crippen molar-refractivity contribution in [1.29, 1.82) is 0 Å². The number of para-hydroxylation sites is 1. The normalized spacial score (nSPS) is 13.6. The molecule has 1 fully saturated rings. The van der Waals surface area contributed by atoms with Crippen LogP contribution in [0.3, 0.4) is 0 Å².